The normalized spacial score (nSPS) is 11.4. The topological polar surface area (TPSA) is 94.5 Å². The molecule has 12 heteroatoms. The third-order valence-corrected chi connectivity index (χ3v) is 7.81. The lowest BCUT2D eigenvalue weighted by Gasteiger charge is -2.09. The van der Waals surface area contributed by atoms with E-state index in [1.165, 1.54) is 5.56 Å². The number of amides is 1. The molecule has 2 aromatic heterocycles. The average Bonchev–Trinajstić information content (AvgIpc) is 3.51. The Morgan fingerprint density at radius 1 is 1.15 bits per heavy atom. The maximum Gasteiger partial charge on any atom is 0.277 e. The van der Waals surface area contributed by atoms with Crippen molar-refractivity contribution in [2.75, 3.05) is 5.75 Å². The SMILES string of the molecule is Cc1c(/C=N\NC(=O)CSc2nnc(COc3ccc(Cl)cc3Cl)o2)c2ccccc2n1Cc1ccc(Br)cc1. The number of aromatic nitrogens is 3. The van der Waals surface area contributed by atoms with Crippen LogP contribution in [0.2, 0.25) is 10.0 Å². The summed E-state index contributed by atoms with van der Waals surface area (Å²) in [5, 5.41) is 14.3. The Labute approximate surface area is 252 Å². The van der Waals surface area contributed by atoms with Crippen molar-refractivity contribution in [1.29, 1.82) is 0 Å². The van der Waals surface area contributed by atoms with E-state index in [0.29, 0.717) is 15.8 Å². The molecule has 1 amide bonds. The van der Waals surface area contributed by atoms with Gasteiger partial charge in [0.25, 0.3) is 17.0 Å². The second-order valence-corrected chi connectivity index (χ2v) is 11.3. The standard InChI is InChI=1S/C28H22BrCl2N5O3S/c1-17-22(21-4-2-3-5-24(21)36(17)14-18-6-8-19(29)9-7-18)13-32-33-26(37)16-40-28-35-34-27(39-28)15-38-25-11-10-20(30)12-23(25)31/h2-13H,14-16H2,1H3,(H,33,37)/b32-13-. The second kappa shape index (κ2) is 12.9. The molecule has 0 aliphatic carbocycles. The van der Waals surface area contributed by atoms with E-state index < -0.39 is 0 Å². The number of ether oxygens (including phenoxy) is 1. The monoisotopic (exact) mass is 657 g/mol. The van der Waals surface area contributed by atoms with Crippen LogP contribution >= 0.6 is 50.9 Å². The van der Waals surface area contributed by atoms with E-state index in [1.807, 2.05) is 24.3 Å². The molecule has 3 aromatic carbocycles. The van der Waals surface area contributed by atoms with E-state index in [0.717, 1.165) is 44.9 Å². The number of thioether (sulfide) groups is 1. The van der Waals surface area contributed by atoms with E-state index in [1.54, 1.807) is 24.4 Å². The molecular formula is C28H22BrCl2N5O3S. The number of hydrogen-bond acceptors (Lipinski definition) is 7. The molecule has 5 rings (SSSR count). The Morgan fingerprint density at radius 2 is 1.95 bits per heavy atom. The molecule has 0 spiro atoms. The van der Waals surface area contributed by atoms with E-state index in [-0.39, 0.29) is 29.4 Å². The van der Waals surface area contributed by atoms with Gasteiger partial charge in [0, 0.05) is 38.2 Å². The highest BCUT2D eigenvalue weighted by Gasteiger charge is 2.14. The molecule has 8 nitrogen and oxygen atoms in total. The van der Waals surface area contributed by atoms with E-state index in [2.05, 4.69) is 72.4 Å². The van der Waals surface area contributed by atoms with Gasteiger partial charge in [0.1, 0.15) is 5.75 Å². The van der Waals surface area contributed by atoms with E-state index >= 15 is 0 Å². The van der Waals surface area contributed by atoms with Crippen LogP contribution in [0.1, 0.15) is 22.7 Å². The molecule has 40 heavy (non-hydrogen) atoms. The fourth-order valence-corrected chi connectivity index (χ4v) is 5.31. The lowest BCUT2D eigenvalue weighted by atomic mass is 10.1. The van der Waals surface area contributed by atoms with Gasteiger partial charge < -0.3 is 13.7 Å². The highest BCUT2D eigenvalue weighted by atomic mass is 79.9. The third kappa shape index (κ3) is 6.87. The van der Waals surface area contributed by atoms with E-state index in [9.17, 15) is 4.79 Å². The molecular weight excluding hydrogens is 637 g/mol. The Morgan fingerprint density at radius 3 is 2.75 bits per heavy atom. The van der Waals surface area contributed by atoms with Gasteiger partial charge in [0.05, 0.1) is 17.0 Å². The van der Waals surface area contributed by atoms with Crippen molar-refractivity contribution in [3.63, 3.8) is 0 Å². The van der Waals surface area contributed by atoms with Crippen LogP contribution in [0.15, 0.2) is 85.9 Å². The minimum absolute atomic E-state index is 0.0280. The molecule has 1 N–H and O–H groups in total. The van der Waals surface area contributed by atoms with Crippen LogP contribution in [0, 0.1) is 6.92 Å². The Bertz CT molecular complexity index is 1690. The number of para-hydroxylation sites is 1. The Kier molecular flexibility index (Phi) is 9.11. The fourth-order valence-electron chi connectivity index (χ4n) is 4.01. The van der Waals surface area contributed by atoms with Gasteiger partial charge >= 0.3 is 0 Å². The Hall–Kier alpha value is -3.31. The smallest absolute Gasteiger partial charge is 0.277 e. The van der Waals surface area contributed by atoms with Crippen LogP contribution in [-0.2, 0) is 17.9 Å². The first-order valence-corrected chi connectivity index (χ1v) is 14.6. The molecule has 0 unspecified atom stereocenters. The van der Waals surface area contributed by atoms with Crippen LogP contribution in [0.5, 0.6) is 5.75 Å². The summed E-state index contributed by atoms with van der Waals surface area (Å²) in [6, 6.07) is 21.3. The van der Waals surface area contributed by atoms with Crippen molar-refractivity contribution in [1.82, 2.24) is 20.2 Å². The van der Waals surface area contributed by atoms with Gasteiger partial charge in [-0.3, -0.25) is 4.79 Å². The number of rotatable bonds is 10. The third-order valence-electron chi connectivity index (χ3n) is 5.94. The molecule has 0 bridgehead atoms. The van der Waals surface area contributed by atoms with Crippen molar-refractivity contribution in [2.45, 2.75) is 25.3 Å². The van der Waals surface area contributed by atoms with Gasteiger partial charge in [-0.05, 0) is 48.9 Å². The molecule has 204 valence electrons. The summed E-state index contributed by atoms with van der Waals surface area (Å²) in [6.07, 6.45) is 1.68. The highest BCUT2D eigenvalue weighted by Crippen LogP contribution is 2.29. The summed E-state index contributed by atoms with van der Waals surface area (Å²) in [5.41, 5.74) is 6.86. The second-order valence-electron chi connectivity index (χ2n) is 8.64. The molecule has 0 aliphatic heterocycles. The fraction of sp³-hybridized carbons (Fsp3) is 0.143. The molecule has 0 atom stereocenters. The van der Waals surface area contributed by atoms with Crippen LogP contribution in [0.3, 0.4) is 0 Å². The van der Waals surface area contributed by atoms with Gasteiger partial charge in [0.2, 0.25) is 0 Å². The predicted molar refractivity (Wildman–Crippen MR) is 161 cm³/mol. The van der Waals surface area contributed by atoms with Gasteiger partial charge in [-0.25, -0.2) is 5.43 Å². The summed E-state index contributed by atoms with van der Waals surface area (Å²) < 4.78 is 14.4. The van der Waals surface area contributed by atoms with Gasteiger partial charge in [-0.15, -0.1) is 10.2 Å². The van der Waals surface area contributed by atoms with E-state index in [4.69, 9.17) is 32.4 Å². The first kappa shape index (κ1) is 28.2. The molecule has 5 aromatic rings. The first-order chi connectivity index (χ1) is 19.4. The van der Waals surface area contributed by atoms with Gasteiger partial charge in [-0.1, -0.05) is 81.2 Å². The number of nitrogens with zero attached hydrogens (tertiary/aromatic N) is 4. The zero-order valence-corrected chi connectivity index (χ0v) is 25.0. The van der Waals surface area contributed by atoms with Gasteiger partial charge in [-0.2, -0.15) is 5.10 Å². The van der Waals surface area contributed by atoms with Crippen LogP contribution in [-0.4, -0.2) is 32.6 Å². The largest absolute Gasteiger partial charge is 0.482 e. The van der Waals surface area contributed by atoms with Crippen molar-refractivity contribution < 1.29 is 13.9 Å². The minimum Gasteiger partial charge on any atom is -0.482 e. The summed E-state index contributed by atoms with van der Waals surface area (Å²) in [4.78, 5) is 12.4. The first-order valence-electron chi connectivity index (χ1n) is 12.0. The number of fused-ring (bicyclic) bond motifs is 1. The number of hydrogen-bond donors (Lipinski definition) is 1. The maximum absolute atomic E-state index is 12.4. The van der Waals surface area contributed by atoms with Crippen molar-refractivity contribution in [2.24, 2.45) is 5.10 Å². The molecule has 2 heterocycles. The molecule has 0 aliphatic rings. The summed E-state index contributed by atoms with van der Waals surface area (Å²) in [6.45, 7) is 2.80. The van der Waals surface area contributed by atoms with Crippen molar-refractivity contribution in [3.8, 4) is 5.75 Å². The van der Waals surface area contributed by atoms with Crippen molar-refractivity contribution >= 4 is 73.9 Å². The minimum atomic E-state index is -0.304. The van der Waals surface area contributed by atoms with Crippen molar-refractivity contribution in [3.05, 3.63) is 104 Å². The van der Waals surface area contributed by atoms with Gasteiger partial charge in [0.15, 0.2) is 6.61 Å². The molecule has 0 radical (unpaired) electrons. The number of carbonyl (C=O) groups is 1. The lowest BCUT2D eigenvalue weighted by molar-refractivity contribution is -0.118. The number of nitrogens with one attached hydrogen (secondary N) is 1. The van der Waals surface area contributed by atoms with Crippen LogP contribution < -0.4 is 10.2 Å². The van der Waals surface area contributed by atoms with Crippen LogP contribution in [0.4, 0.5) is 0 Å². The summed E-state index contributed by atoms with van der Waals surface area (Å²) >= 11 is 16.6. The molecule has 0 fully saturated rings. The average molecular weight is 659 g/mol. The zero-order chi connectivity index (χ0) is 28.1. The number of benzene rings is 3. The summed E-state index contributed by atoms with van der Waals surface area (Å²) in [5.74, 6) is 0.443. The predicted octanol–water partition coefficient (Wildman–Crippen LogP) is 7.27. The maximum atomic E-state index is 12.4. The number of halogens is 3. The highest BCUT2D eigenvalue weighted by molar-refractivity contribution is 9.10. The zero-order valence-electron chi connectivity index (χ0n) is 21.1. The lowest BCUT2D eigenvalue weighted by Crippen LogP contribution is -2.19. The quantitative estimate of drug-likeness (QED) is 0.0963. The number of carbonyl (C=O) groups excluding carboxylic acids is 1. The molecule has 0 saturated heterocycles. The molecule has 0 saturated carbocycles. The number of hydrazone groups is 1. The Balaban J connectivity index is 1.17. The summed E-state index contributed by atoms with van der Waals surface area (Å²) in [7, 11) is 0. The van der Waals surface area contributed by atoms with Crippen LogP contribution in [0.25, 0.3) is 10.9 Å².